The fourth-order valence-electron chi connectivity index (χ4n) is 2.20. The highest BCUT2D eigenvalue weighted by molar-refractivity contribution is 5.88. The molecule has 0 saturated heterocycles. The van der Waals surface area contributed by atoms with Crippen LogP contribution in [0.1, 0.15) is 11.1 Å². The molecule has 0 radical (unpaired) electrons. The number of carbonyl (C=O) groups is 1. The molecule has 0 atom stereocenters. The SMILES string of the molecule is O=C(NCc1cccnc1)Nc1ccnn1Cc1ccccc1F. The van der Waals surface area contributed by atoms with Crippen LogP contribution in [0.5, 0.6) is 0 Å². The number of amides is 2. The van der Waals surface area contributed by atoms with E-state index in [0.717, 1.165) is 5.56 Å². The zero-order valence-electron chi connectivity index (χ0n) is 12.8. The highest BCUT2D eigenvalue weighted by atomic mass is 19.1. The van der Waals surface area contributed by atoms with Crippen LogP contribution in [0.3, 0.4) is 0 Å². The Bertz CT molecular complexity index is 819. The molecule has 0 aliphatic rings. The maximum atomic E-state index is 13.7. The normalized spacial score (nSPS) is 10.4. The summed E-state index contributed by atoms with van der Waals surface area (Å²) in [6, 6.07) is 11.4. The smallest absolute Gasteiger partial charge is 0.320 e. The minimum atomic E-state index is -0.367. The number of halogens is 1. The van der Waals surface area contributed by atoms with Crippen molar-refractivity contribution in [1.29, 1.82) is 0 Å². The highest BCUT2D eigenvalue weighted by Gasteiger charge is 2.09. The number of aromatic nitrogens is 3. The molecule has 2 amide bonds. The maximum absolute atomic E-state index is 13.7. The van der Waals surface area contributed by atoms with Crippen LogP contribution in [0.4, 0.5) is 15.0 Å². The summed E-state index contributed by atoms with van der Waals surface area (Å²) in [5, 5.41) is 9.56. The second-order valence-electron chi connectivity index (χ2n) is 5.13. The Balaban J connectivity index is 1.61. The molecule has 0 fully saturated rings. The van der Waals surface area contributed by atoms with Crippen molar-refractivity contribution >= 4 is 11.8 Å². The van der Waals surface area contributed by atoms with Crippen molar-refractivity contribution in [2.45, 2.75) is 13.1 Å². The Hall–Kier alpha value is -3.22. The molecule has 3 rings (SSSR count). The van der Waals surface area contributed by atoms with Gasteiger partial charge in [0, 0.05) is 30.6 Å². The Morgan fingerprint density at radius 3 is 2.79 bits per heavy atom. The molecule has 0 aliphatic heterocycles. The predicted octanol–water partition coefficient (Wildman–Crippen LogP) is 2.79. The van der Waals surface area contributed by atoms with E-state index in [1.165, 1.54) is 10.7 Å². The molecule has 3 aromatic rings. The van der Waals surface area contributed by atoms with Gasteiger partial charge in [-0.2, -0.15) is 5.10 Å². The first-order valence-corrected chi connectivity index (χ1v) is 7.41. The Morgan fingerprint density at radius 2 is 2.00 bits per heavy atom. The predicted molar refractivity (Wildman–Crippen MR) is 87.8 cm³/mol. The van der Waals surface area contributed by atoms with Crippen molar-refractivity contribution < 1.29 is 9.18 Å². The van der Waals surface area contributed by atoms with Crippen molar-refractivity contribution in [1.82, 2.24) is 20.1 Å². The van der Waals surface area contributed by atoms with Crippen molar-refractivity contribution in [3.8, 4) is 0 Å². The average Bonchev–Trinajstić information content (AvgIpc) is 3.03. The van der Waals surface area contributed by atoms with E-state index < -0.39 is 0 Å². The lowest BCUT2D eigenvalue weighted by atomic mass is 10.2. The molecule has 7 heteroatoms. The minimum absolute atomic E-state index is 0.234. The average molecular weight is 325 g/mol. The van der Waals surface area contributed by atoms with Crippen LogP contribution >= 0.6 is 0 Å². The summed E-state index contributed by atoms with van der Waals surface area (Å²) in [5.74, 6) is 0.182. The number of benzene rings is 1. The molecule has 0 bridgehead atoms. The Kier molecular flexibility index (Phi) is 4.81. The number of hydrogen-bond donors (Lipinski definition) is 2. The molecule has 6 nitrogen and oxygen atoms in total. The number of nitrogens with zero attached hydrogens (tertiary/aromatic N) is 3. The lowest BCUT2D eigenvalue weighted by Gasteiger charge is -2.10. The van der Waals surface area contributed by atoms with E-state index in [4.69, 9.17) is 0 Å². The number of hydrogen-bond acceptors (Lipinski definition) is 3. The summed E-state index contributed by atoms with van der Waals surface area (Å²) in [6.45, 7) is 0.596. The number of carbonyl (C=O) groups excluding carboxylic acids is 1. The first-order valence-electron chi connectivity index (χ1n) is 7.41. The zero-order valence-corrected chi connectivity index (χ0v) is 12.8. The Morgan fingerprint density at radius 1 is 1.12 bits per heavy atom. The first kappa shape index (κ1) is 15.7. The molecule has 0 unspecified atom stereocenters. The van der Waals surface area contributed by atoms with Gasteiger partial charge in [-0.1, -0.05) is 24.3 Å². The monoisotopic (exact) mass is 325 g/mol. The van der Waals surface area contributed by atoms with Gasteiger partial charge < -0.3 is 5.32 Å². The molecule has 0 aliphatic carbocycles. The second-order valence-corrected chi connectivity index (χ2v) is 5.13. The molecule has 0 spiro atoms. The lowest BCUT2D eigenvalue weighted by molar-refractivity contribution is 0.251. The summed E-state index contributed by atoms with van der Waals surface area (Å²) in [5.41, 5.74) is 1.40. The van der Waals surface area contributed by atoms with E-state index >= 15 is 0 Å². The van der Waals surface area contributed by atoms with E-state index in [0.29, 0.717) is 17.9 Å². The van der Waals surface area contributed by atoms with Crippen LogP contribution in [0.2, 0.25) is 0 Å². The largest absolute Gasteiger partial charge is 0.334 e. The van der Waals surface area contributed by atoms with Crippen LogP contribution in [0.25, 0.3) is 0 Å². The third-order valence-corrected chi connectivity index (χ3v) is 3.41. The van der Waals surface area contributed by atoms with Crippen molar-refractivity contribution in [3.05, 3.63) is 78.0 Å². The van der Waals surface area contributed by atoms with Gasteiger partial charge in [0.15, 0.2) is 0 Å². The van der Waals surface area contributed by atoms with Gasteiger partial charge in [0.2, 0.25) is 0 Å². The molecule has 0 saturated carbocycles. The number of pyridine rings is 1. The number of nitrogens with one attached hydrogen (secondary N) is 2. The van der Waals surface area contributed by atoms with Crippen LogP contribution < -0.4 is 10.6 Å². The summed E-state index contributed by atoms with van der Waals surface area (Å²) in [4.78, 5) is 16.0. The van der Waals surface area contributed by atoms with Crippen LogP contribution in [-0.2, 0) is 13.1 Å². The molecule has 1 aromatic carbocycles. The van der Waals surface area contributed by atoms with Gasteiger partial charge in [-0.25, -0.2) is 13.9 Å². The van der Waals surface area contributed by atoms with Gasteiger partial charge >= 0.3 is 6.03 Å². The first-order chi connectivity index (χ1) is 11.7. The van der Waals surface area contributed by atoms with Crippen molar-refractivity contribution in [2.75, 3.05) is 5.32 Å². The molecule has 2 heterocycles. The van der Waals surface area contributed by atoms with Gasteiger partial charge in [-0.3, -0.25) is 10.3 Å². The maximum Gasteiger partial charge on any atom is 0.320 e. The molecule has 122 valence electrons. The van der Waals surface area contributed by atoms with Gasteiger partial charge in [0.25, 0.3) is 0 Å². The number of anilines is 1. The van der Waals surface area contributed by atoms with Gasteiger partial charge in [0.05, 0.1) is 12.7 Å². The van der Waals surface area contributed by atoms with Crippen LogP contribution in [0.15, 0.2) is 61.1 Å². The topological polar surface area (TPSA) is 71.8 Å². The lowest BCUT2D eigenvalue weighted by Crippen LogP contribution is -2.29. The van der Waals surface area contributed by atoms with Crippen LogP contribution in [0, 0.1) is 5.82 Å². The Labute approximate surface area is 138 Å². The fourth-order valence-corrected chi connectivity index (χ4v) is 2.20. The van der Waals surface area contributed by atoms with E-state index in [-0.39, 0.29) is 18.4 Å². The van der Waals surface area contributed by atoms with E-state index in [1.807, 2.05) is 6.07 Å². The zero-order chi connectivity index (χ0) is 16.8. The van der Waals surface area contributed by atoms with Crippen molar-refractivity contribution in [2.24, 2.45) is 0 Å². The van der Waals surface area contributed by atoms with Gasteiger partial charge in [0.1, 0.15) is 11.6 Å². The summed E-state index contributed by atoms with van der Waals surface area (Å²) >= 11 is 0. The molecular formula is C17H16FN5O. The number of urea groups is 1. The van der Waals surface area contributed by atoms with Crippen molar-refractivity contribution in [3.63, 3.8) is 0 Å². The van der Waals surface area contributed by atoms with E-state index in [1.54, 1.807) is 48.9 Å². The van der Waals surface area contributed by atoms with Gasteiger partial charge in [-0.15, -0.1) is 0 Å². The highest BCUT2D eigenvalue weighted by Crippen LogP contribution is 2.12. The van der Waals surface area contributed by atoms with E-state index in [2.05, 4.69) is 20.7 Å². The summed E-state index contributed by atoms with van der Waals surface area (Å²) < 4.78 is 15.3. The minimum Gasteiger partial charge on any atom is -0.334 e. The molecular weight excluding hydrogens is 309 g/mol. The summed E-state index contributed by atoms with van der Waals surface area (Å²) in [6.07, 6.45) is 4.91. The third-order valence-electron chi connectivity index (χ3n) is 3.41. The molecule has 2 aromatic heterocycles. The van der Waals surface area contributed by atoms with Gasteiger partial charge in [-0.05, 0) is 17.7 Å². The molecule has 2 N–H and O–H groups in total. The fraction of sp³-hybridized carbons (Fsp3) is 0.118. The third kappa shape index (κ3) is 3.95. The summed E-state index contributed by atoms with van der Waals surface area (Å²) in [7, 11) is 0. The van der Waals surface area contributed by atoms with Crippen LogP contribution in [-0.4, -0.2) is 20.8 Å². The number of rotatable bonds is 5. The molecule has 24 heavy (non-hydrogen) atoms. The second kappa shape index (κ2) is 7.36. The van der Waals surface area contributed by atoms with E-state index in [9.17, 15) is 9.18 Å². The quantitative estimate of drug-likeness (QED) is 0.758. The standard InChI is InChI=1S/C17H16FN5O/c18-15-6-2-1-5-14(15)12-23-16(7-9-21-23)22-17(24)20-11-13-4-3-8-19-10-13/h1-10H,11-12H2,(H2,20,22,24).